The summed E-state index contributed by atoms with van der Waals surface area (Å²) in [4.78, 5) is 24.1. The molecular formula is C13H18N2O4. The molecule has 1 fully saturated rings. The van der Waals surface area contributed by atoms with Gasteiger partial charge in [0.05, 0.1) is 5.60 Å². The first-order chi connectivity index (χ1) is 8.98. The normalized spacial score (nSPS) is 17.9. The maximum absolute atomic E-state index is 11.5. The van der Waals surface area contributed by atoms with Gasteiger partial charge in [-0.3, -0.25) is 9.69 Å². The minimum atomic E-state index is -0.949. The monoisotopic (exact) mass is 266 g/mol. The van der Waals surface area contributed by atoms with E-state index in [1.807, 2.05) is 13.0 Å². The SMILES string of the molecule is CC1(OCC(=O)O)CN(CCn2ccccc2=O)C1. The fraction of sp³-hybridized carbons (Fsp3) is 0.538. The van der Waals surface area contributed by atoms with Gasteiger partial charge in [0.1, 0.15) is 6.61 Å². The van der Waals surface area contributed by atoms with Gasteiger partial charge < -0.3 is 14.4 Å². The molecule has 0 radical (unpaired) electrons. The van der Waals surface area contributed by atoms with Gasteiger partial charge in [-0.15, -0.1) is 0 Å². The molecule has 1 aliphatic rings. The number of ether oxygens (including phenoxy) is 1. The first-order valence-electron chi connectivity index (χ1n) is 6.22. The second kappa shape index (κ2) is 5.54. The van der Waals surface area contributed by atoms with Gasteiger partial charge in [-0.1, -0.05) is 6.07 Å². The van der Waals surface area contributed by atoms with Crippen molar-refractivity contribution < 1.29 is 14.6 Å². The Morgan fingerprint density at radius 1 is 1.42 bits per heavy atom. The van der Waals surface area contributed by atoms with Gasteiger partial charge in [0.15, 0.2) is 0 Å². The van der Waals surface area contributed by atoms with E-state index >= 15 is 0 Å². The minimum absolute atomic E-state index is 0.00656. The van der Waals surface area contributed by atoms with Gasteiger partial charge >= 0.3 is 5.97 Å². The van der Waals surface area contributed by atoms with E-state index in [-0.39, 0.29) is 17.8 Å². The Balaban J connectivity index is 1.75. The predicted molar refractivity (Wildman–Crippen MR) is 69.1 cm³/mol. The molecule has 0 atom stereocenters. The van der Waals surface area contributed by atoms with Crippen LogP contribution in [-0.4, -0.2) is 52.4 Å². The van der Waals surface area contributed by atoms with Gasteiger partial charge in [-0.25, -0.2) is 4.79 Å². The van der Waals surface area contributed by atoms with Crippen LogP contribution in [0, 0.1) is 0 Å². The van der Waals surface area contributed by atoms with E-state index in [0.29, 0.717) is 19.6 Å². The van der Waals surface area contributed by atoms with Crippen molar-refractivity contribution in [1.29, 1.82) is 0 Å². The number of hydrogen-bond acceptors (Lipinski definition) is 4. The Morgan fingerprint density at radius 2 is 2.16 bits per heavy atom. The highest BCUT2D eigenvalue weighted by atomic mass is 16.5. The molecule has 0 bridgehead atoms. The molecule has 19 heavy (non-hydrogen) atoms. The van der Waals surface area contributed by atoms with Crippen molar-refractivity contribution in [3.05, 3.63) is 34.7 Å². The largest absolute Gasteiger partial charge is 0.480 e. The zero-order valence-corrected chi connectivity index (χ0v) is 10.9. The van der Waals surface area contributed by atoms with Crippen molar-refractivity contribution in [2.24, 2.45) is 0 Å². The van der Waals surface area contributed by atoms with Crippen LogP contribution in [0.25, 0.3) is 0 Å². The molecule has 6 heteroatoms. The van der Waals surface area contributed by atoms with Crippen LogP contribution in [-0.2, 0) is 16.1 Å². The molecule has 1 N–H and O–H groups in total. The Hall–Kier alpha value is -1.66. The fourth-order valence-electron chi connectivity index (χ4n) is 2.28. The van der Waals surface area contributed by atoms with Crippen LogP contribution >= 0.6 is 0 Å². The van der Waals surface area contributed by atoms with Gasteiger partial charge in [-0.2, -0.15) is 0 Å². The first kappa shape index (κ1) is 13.8. The molecule has 0 spiro atoms. The zero-order valence-electron chi connectivity index (χ0n) is 10.9. The molecule has 0 amide bonds. The van der Waals surface area contributed by atoms with Crippen LogP contribution in [0.15, 0.2) is 29.2 Å². The molecule has 2 rings (SSSR count). The molecule has 104 valence electrons. The number of nitrogens with zero attached hydrogens (tertiary/aromatic N) is 2. The molecule has 6 nitrogen and oxygen atoms in total. The van der Waals surface area contributed by atoms with Crippen LogP contribution < -0.4 is 5.56 Å². The minimum Gasteiger partial charge on any atom is -0.480 e. The smallest absolute Gasteiger partial charge is 0.329 e. The molecule has 0 aliphatic carbocycles. The summed E-state index contributed by atoms with van der Waals surface area (Å²) >= 11 is 0. The lowest BCUT2D eigenvalue weighted by atomic mass is 9.96. The quantitative estimate of drug-likeness (QED) is 0.786. The summed E-state index contributed by atoms with van der Waals surface area (Å²) in [5.41, 5.74) is -0.382. The van der Waals surface area contributed by atoms with E-state index in [9.17, 15) is 9.59 Å². The van der Waals surface area contributed by atoms with Crippen molar-refractivity contribution >= 4 is 5.97 Å². The molecule has 0 aromatic carbocycles. The molecule has 1 aromatic rings. The Morgan fingerprint density at radius 3 is 2.79 bits per heavy atom. The Labute approximate surface area is 111 Å². The second-order valence-electron chi connectivity index (χ2n) is 5.08. The third-order valence-electron chi connectivity index (χ3n) is 3.22. The van der Waals surface area contributed by atoms with Crippen molar-refractivity contribution in [3.63, 3.8) is 0 Å². The topological polar surface area (TPSA) is 71.8 Å². The molecular weight excluding hydrogens is 248 g/mol. The van der Waals surface area contributed by atoms with Gasteiger partial charge in [0.2, 0.25) is 0 Å². The van der Waals surface area contributed by atoms with Crippen LogP contribution in [0.3, 0.4) is 0 Å². The molecule has 1 aromatic heterocycles. The average molecular weight is 266 g/mol. The number of carboxylic acids is 1. The average Bonchev–Trinajstić information content (AvgIpc) is 2.33. The van der Waals surface area contributed by atoms with E-state index in [4.69, 9.17) is 9.84 Å². The standard InChI is InChI=1S/C13H18N2O4/c1-13(19-8-12(17)18)9-14(10-13)6-7-15-5-3-2-4-11(15)16/h2-5H,6-10H2,1H3,(H,17,18). The zero-order chi connectivity index (χ0) is 13.9. The summed E-state index contributed by atoms with van der Waals surface area (Å²) in [5, 5.41) is 8.57. The summed E-state index contributed by atoms with van der Waals surface area (Å²) in [6.07, 6.45) is 1.77. The third-order valence-corrected chi connectivity index (χ3v) is 3.22. The summed E-state index contributed by atoms with van der Waals surface area (Å²) in [6, 6.07) is 5.09. The molecule has 1 saturated heterocycles. The molecule has 0 unspecified atom stereocenters. The van der Waals surface area contributed by atoms with E-state index < -0.39 is 5.97 Å². The van der Waals surface area contributed by atoms with Crippen LogP contribution in [0.1, 0.15) is 6.92 Å². The number of carboxylic acid groups (broad SMARTS) is 1. The van der Waals surface area contributed by atoms with Crippen molar-refractivity contribution in [3.8, 4) is 0 Å². The van der Waals surface area contributed by atoms with Crippen molar-refractivity contribution in [2.75, 3.05) is 26.2 Å². The van der Waals surface area contributed by atoms with Crippen molar-refractivity contribution in [1.82, 2.24) is 9.47 Å². The Kier molecular flexibility index (Phi) is 4.01. The summed E-state index contributed by atoms with van der Waals surface area (Å²) in [5.74, 6) is -0.949. The number of carbonyl (C=O) groups is 1. The van der Waals surface area contributed by atoms with Gasteiger partial charge in [-0.05, 0) is 13.0 Å². The highest BCUT2D eigenvalue weighted by Gasteiger charge is 2.39. The van der Waals surface area contributed by atoms with Crippen LogP contribution in [0.2, 0.25) is 0 Å². The van der Waals surface area contributed by atoms with E-state index in [1.165, 1.54) is 6.07 Å². The predicted octanol–water partition coefficient (Wildman–Crippen LogP) is 0.0238. The van der Waals surface area contributed by atoms with E-state index in [1.54, 1.807) is 16.8 Å². The van der Waals surface area contributed by atoms with Crippen molar-refractivity contribution in [2.45, 2.75) is 19.1 Å². The summed E-state index contributed by atoms with van der Waals surface area (Å²) in [7, 11) is 0. The number of hydrogen-bond donors (Lipinski definition) is 1. The second-order valence-corrected chi connectivity index (χ2v) is 5.08. The number of rotatable bonds is 6. The number of aromatic nitrogens is 1. The molecule has 0 saturated carbocycles. The van der Waals surface area contributed by atoms with Gasteiger partial charge in [0, 0.05) is 38.4 Å². The Bertz CT molecular complexity index is 505. The van der Waals surface area contributed by atoms with Crippen LogP contribution in [0.5, 0.6) is 0 Å². The highest BCUT2D eigenvalue weighted by molar-refractivity contribution is 5.68. The highest BCUT2D eigenvalue weighted by Crippen LogP contribution is 2.24. The maximum Gasteiger partial charge on any atom is 0.329 e. The third kappa shape index (κ3) is 3.65. The molecule has 1 aliphatic heterocycles. The lowest BCUT2D eigenvalue weighted by molar-refractivity contribution is -0.164. The van der Waals surface area contributed by atoms with E-state index in [2.05, 4.69) is 4.90 Å². The van der Waals surface area contributed by atoms with Crippen LogP contribution in [0.4, 0.5) is 0 Å². The fourth-order valence-corrected chi connectivity index (χ4v) is 2.28. The summed E-state index contributed by atoms with van der Waals surface area (Å²) < 4.78 is 6.98. The van der Waals surface area contributed by atoms with E-state index in [0.717, 1.165) is 6.54 Å². The lowest BCUT2D eigenvalue weighted by Gasteiger charge is -2.47. The first-order valence-corrected chi connectivity index (χ1v) is 6.22. The summed E-state index contributed by atoms with van der Waals surface area (Å²) in [6.45, 7) is 4.43. The number of aliphatic carboxylic acids is 1. The number of pyridine rings is 1. The molecule has 2 heterocycles. The van der Waals surface area contributed by atoms with Gasteiger partial charge in [0.25, 0.3) is 5.56 Å². The maximum atomic E-state index is 11.5. The lowest BCUT2D eigenvalue weighted by Crippen LogP contribution is -2.62. The number of likely N-dealkylation sites (tertiary alicyclic amines) is 1.